The maximum Gasteiger partial charge on any atom is 0.379 e. The van der Waals surface area contributed by atoms with Crippen molar-refractivity contribution in [3.63, 3.8) is 0 Å². The van der Waals surface area contributed by atoms with E-state index in [-0.39, 0.29) is 17.4 Å². The van der Waals surface area contributed by atoms with Crippen molar-refractivity contribution in [2.24, 2.45) is 0 Å². The summed E-state index contributed by atoms with van der Waals surface area (Å²) in [6, 6.07) is 8.13. The Balaban J connectivity index is 1.65. The third kappa shape index (κ3) is 3.97. The highest BCUT2D eigenvalue weighted by molar-refractivity contribution is 5.98. The van der Waals surface area contributed by atoms with Gasteiger partial charge in [0.1, 0.15) is 0 Å². The zero-order valence-electron chi connectivity index (χ0n) is 15.0. The van der Waals surface area contributed by atoms with Crippen molar-refractivity contribution in [3.8, 4) is 0 Å². The first-order valence-electron chi connectivity index (χ1n) is 8.16. The fraction of sp³-hybridized carbons (Fsp3) is 0.222. The van der Waals surface area contributed by atoms with E-state index < -0.39 is 18.0 Å². The number of rotatable bonds is 5. The molecule has 0 saturated carbocycles. The lowest BCUT2D eigenvalue weighted by Crippen LogP contribution is -2.30. The van der Waals surface area contributed by atoms with Crippen LogP contribution in [0.1, 0.15) is 40.5 Å². The SMILES string of the molecule is CC(=O)c1ccc(NC(=O)C(C)OC(=O)c2nc3nccc(C)n3n2)cc1. The van der Waals surface area contributed by atoms with Crippen LogP contribution in [0.5, 0.6) is 0 Å². The number of hydrogen-bond acceptors (Lipinski definition) is 7. The minimum atomic E-state index is -1.06. The average Bonchev–Trinajstić information content (AvgIpc) is 3.08. The molecule has 1 atom stereocenters. The monoisotopic (exact) mass is 367 g/mol. The van der Waals surface area contributed by atoms with E-state index in [1.54, 1.807) is 43.5 Å². The summed E-state index contributed by atoms with van der Waals surface area (Å²) in [7, 11) is 0. The van der Waals surface area contributed by atoms with Crippen LogP contribution in [-0.2, 0) is 9.53 Å². The Kier molecular flexibility index (Phi) is 4.93. The highest BCUT2D eigenvalue weighted by Gasteiger charge is 2.22. The first kappa shape index (κ1) is 18.2. The number of aryl methyl sites for hydroxylation is 1. The van der Waals surface area contributed by atoms with E-state index in [4.69, 9.17) is 4.74 Å². The van der Waals surface area contributed by atoms with Crippen LogP contribution in [0.2, 0.25) is 0 Å². The van der Waals surface area contributed by atoms with Crippen LogP contribution < -0.4 is 5.32 Å². The molecular formula is C18H17N5O4. The fourth-order valence-electron chi connectivity index (χ4n) is 2.29. The standard InChI is InChI=1S/C18H17N5O4/c1-10-8-9-19-18-21-15(22-23(10)18)17(26)27-12(3)16(25)20-14-6-4-13(5-7-14)11(2)24/h4-9,12H,1-3H3,(H,20,25). The Morgan fingerprint density at radius 3 is 2.48 bits per heavy atom. The predicted molar refractivity (Wildman–Crippen MR) is 95.5 cm³/mol. The topological polar surface area (TPSA) is 116 Å². The van der Waals surface area contributed by atoms with Gasteiger partial charge in [-0.15, -0.1) is 5.10 Å². The van der Waals surface area contributed by atoms with E-state index in [9.17, 15) is 14.4 Å². The quantitative estimate of drug-likeness (QED) is 0.540. The number of nitrogens with zero attached hydrogens (tertiary/aromatic N) is 4. The number of nitrogens with one attached hydrogen (secondary N) is 1. The number of carbonyl (C=O) groups excluding carboxylic acids is 3. The molecule has 1 aromatic carbocycles. The summed E-state index contributed by atoms with van der Waals surface area (Å²) in [5.74, 6) is -1.32. The summed E-state index contributed by atoms with van der Waals surface area (Å²) >= 11 is 0. The van der Waals surface area contributed by atoms with Crippen molar-refractivity contribution in [3.05, 3.63) is 53.6 Å². The summed E-state index contributed by atoms with van der Waals surface area (Å²) in [5.41, 5.74) is 1.78. The van der Waals surface area contributed by atoms with Crippen LogP contribution in [0, 0.1) is 6.92 Å². The van der Waals surface area contributed by atoms with Crippen LogP contribution in [-0.4, -0.2) is 43.3 Å². The van der Waals surface area contributed by atoms with Crippen LogP contribution >= 0.6 is 0 Å². The van der Waals surface area contributed by atoms with Crippen LogP contribution in [0.25, 0.3) is 5.78 Å². The lowest BCUT2D eigenvalue weighted by atomic mass is 10.1. The smallest absolute Gasteiger partial charge is 0.379 e. The molecule has 138 valence electrons. The molecule has 0 spiro atoms. The van der Waals surface area contributed by atoms with Gasteiger partial charge in [-0.05, 0) is 51.1 Å². The van der Waals surface area contributed by atoms with E-state index in [0.717, 1.165) is 5.69 Å². The molecule has 1 N–H and O–H groups in total. The van der Waals surface area contributed by atoms with Gasteiger partial charge in [0, 0.05) is 23.1 Å². The van der Waals surface area contributed by atoms with E-state index in [1.165, 1.54) is 18.4 Å². The highest BCUT2D eigenvalue weighted by atomic mass is 16.5. The third-order valence-electron chi connectivity index (χ3n) is 3.82. The molecular weight excluding hydrogens is 350 g/mol. The van der Waals surface area contributed by atoms with Crippen LogP contribution in [0.3, 0.4) is 0 Å². The van der Waals surface area contributed by atoms with Gasteiger partial charge in [-0.3, -0.25) is 9.59 Å². The Morgan fingerprint density at radius 2 is 1.85 bits per heavy atom. The summed E-state index contributed by atoms with van der Waals surface area (Å²) < 4.78 is 6.55. The van der Waals surface area contributed by atoms with Crippen molar-refractivity contribution in [1.82, 2.24) is 19.6 Å². The number of Topliss-reactive ketones (excluding diaryl/α,β-unsaturated/α-hetero) is 1. The summed E-state index contributed by atoms with van der Waals surface area (Å²) in [5, 5.41) is 6.65. The van der Waals surface area contributed by atoms with E-state index in [2.05, 4.69) is 20.4 Å². The molecule has 0 aliphatic heterocycles. The molecule has 0 radical (unpaired) electrons. The number of amides is 1. The number of esters is 1. The summed E-state index contributed by atoms with van der Waals surface area (Å²) in [6.07, 6.45) is 0.493. The zero-order valence-corrected chi connectivity index (χ0v) is 15.0. The highest BCUT2D eigenvalue weighted by Crippen LogP contribution is 2.11. The van der Waals surface area contributed by atoms with Crippen molar-refractivity contribution in [2.45, 2.75) is 26.9 Å². The number of benzene rings is 1. The van der Waals surface area contributed by atoms with Gasteiger partial charge in [-0.25, -0.2) is 14.3 Å². The Bertz CT molecular complexity index is 1030. The Labute approximate surface area is 154 Å². The lowest BCUT2D eigenvalue weighted by molar-refractivity contribution is -0.123. The molecule has 1 amide bonds. The van der Waals surface area contributed by atoms with Gasteiger partial charge in [0.25, 0.3) is 17.5 Å². The van der Waals surface area contributed by atoms with Crippen molar-refractivity contribution < 1.29 is 19.1 Å². The van der Waals surface area contributed by atoms with Gasteiger partial charge < -0.3 is 10.1 Å². The van der Waals surface area contributed by atoms with Crippen LogP contribution in [0.4, 0.5) is 5.69 Å². The normalized spacial score (nSPS) is 11.8. The van der Waals surface area contributed by atoms with Crippen LogP contribution in [0.15, 0.2) is 36.5 Å². The molecule has 9 nitrogen and oxygen atoms in total. The maximum atomic E-state index is 12.2. The maximum absolute atomic E-state index is 12.2. The van der Waals surface area contributed by atoms with Gasteiger partial charge in [0.2, 0.25) is 0 Å². The number of ether oxygens (including phenoxy) is 1. The molecule has 0 saturated heterocycles. The molecule has 3 aromatic rings. The van der Waals surface area contributed by atoms with Gasteiger partial charge >= 0.3 is 5.97 Å². The molecule has 2 aromatic heterocycles. The third-order valence-corrected chi connectivity index (χ3v) is 3.82. The Morgan fingerprint density at radius 1 is 1.15 bits per heavy atom. The number of ketones is 1. The molecule has 0 fully saturated rings. The summed E-state index contributed by atoms with van der Waals surface area (Å²) in [4.78, 5) is 43.7. The van der Waals surface area contributed by atoms with E-state index in [0.29, 0.717) is 11.3 Å². The second-order valence-electron chi connectivity index (χ2n) is 5.90. The molecule has 1 unspecified atom stereocenters. The van der Waals surface area contributed by atoms with Gasteiger partial charge in [0.15, 0.2) is 11.9 Å². The molecule has 0 bridgehead atoms. The predicted octanol–water partition coefficient (Wildman–Crippen LogP) is 1.82. The van der Waals surface area contributed by atoms with Crippen molar-refractivity contribution in [1.29, 1.82) is 0 Å². The van der Waals surface area contributed by atoms with Gasteiger partial charge in [0.05, 0.1) is 0 Å². The number of fused-ring (bicyclic) bond motifs is 1. The zero-order chi connectivity index (χ0) is 19.6. The fourth-order valence-corrected chi connectivity index (χ4v) is 2.29. The molecule has 0 aliphatic rings. The number of anilines is 1. The second-order valence-corrected chi connectivity index (χ2v) is 5.90. The molecule has 3 rings (SSSR count). The van der Waals surface area contributed by atoms with E-state index >= 15 is 0 Å². The average molecular weight is 367 g/mol. The number of carbonyl (C=O) groups is 3. The molecule has 27 heavy (non-hydrogen) atoms. The molecule has 9 heteroatoms. The van der Waals surface area contributed by atoms with Crippen molar-refractivity contribution in [2.75, 3.05) is 5.32 Å². The minimum Gasteiger partial charge on any atom is -0.447 e. The minimum absolute atomic E-state index is 0.0696. The lowest BCUT2D eigenvalue weighted by Gasteiger charge is -2.12. The molecule has 0 aliphatic carbocycles. The van der Waals surface area contributed by atoms with Gasteiger partial charge in [-0.2, -0.15) is 4.98 Å². The van der Waals surface area contributed by atoms with Crippen molar-refractivity contribution >= 4 is 29.1 Å². The van der Waals surface area contributed by atoms with Gasteiger partial charge in [-0.1, -0.05) is 0 Å². The first-order valence-corrected chi connectivity index (χ1v) is 8.16. The second kappa shape index (κ2) is 7.32. The number of aromatic nitrogens is 4. The van der Waals surface area contributed by atoms with E-state index in [1.807, 2.05) is 0 Å². The first-order chi connectivity index (χ1) is 12.8. The molecule has 2 heterocycles. The number of hydrogen-bond donors (Lipinski definition) is 1. The Hall–Kier alpha value is -3.62. The largest absolute Gasteiger partial charge is 0.447 e. The summed E-state index contributed by atoms with van der Waals surface area (Å²) in [6.45, 7) is 4.70.